The van der Waals surface area contributed by atoms with Crippen LogP contribution >= 0.6 is 0 Å². The summed E-state index contributed by atoms with van der Waals surface area (Å²) in [6.07, 6.45) is 2.70. The Kier molecular flexibility index (Phi) is 3.82. The number of esters is 1. The summed E-state index contributed by atoms with van der Waals surface area (Å²) in [7, 11) is 4.97. The fourth-order valence-electron chi connectivity index (χ4n) is 1.07. The maximum absolute atomic E-state index is 11.4. The molecule has 0 radical (unpaired) electrons. The summed E-state index contributed by atoms with van der Waals surface area (Å²) in [5.41, 5.74) is 5.50. The van der Waals surface area contributed by atoms with E-state index in [-0.39, 0.29) is 11.4 Å². The zero-order valence-electron chi connectivity index (χ0n) is 9.47. The number of rotatable bonds is 3. The Labute approximate surface area is 93.7 Å². The molecule has 0 atom stereocenters. The van der Waals surface area contributed by atoms with Crippen LogP contribution < -0.4 is 10.6 Å². The molecule has 6 nitrogen and oxygen atoms in total. The lowest BCUT2D eigenvalue weighted by atomic mass is 10.2. The predicted molar refractivity (Wildman–Crippen MR) is 60.5 cm³/mol. The molecule has 0 aliphatic carbocycles. The van der Waals surface area contributed by atoms with E-state index in [9.17, 15) is 4.79 Å². The van der Waals surface area contributed by atoms with Gasteiger partial charge in [-0.2, -0.15) is 0 Å². The van der Waals surface area contributed by atoms with E-state index in [1.807, 2.05) is 14.1 Å². The summed E-state index contributed by atoms with van der Waals surface area (Å²) in [4.78, 5) is 21.3. The second-order valence-electron chi connectivity index (χ2n) is 3.20. The van der Waals surface area contributed by atoms with Crippen molar-refractivity contribution in [2.24, 2.45) is 5.73 Å². The van der Waals surface area contributed by atoms with Gasteiger partial charge in [0.25, 0.3) is 0 Å². The average molecular weight is 222 g/mol. The molecular formula is C10H14N4O2. The van der Waals surface area contributed by atoms with Crippen molar-refractivity contribution in [3.63, 3.8) is 0 Å². The van der Waals surface area contributed by atoms with Crippen LogP contribution in [0.25, 0.3) is 5.57 Å². The topological polar surface area (TPSA) is 81.3 Å². The molecule has 0 saturated heterocycles. The third-order valence-corrected chi connectivity index (χ3v) is 1.91. The maximum Gasteiger partial charge on any atom is 0.343 e. The third kappa shape index (κ3) is 2.47. The van der Waals surface area contributed by atoms with E-state index in [1.165, 1.54) is 7.11 Å². The smallest absolute Gasteiger partial charge is 0.343 e. The highest BCUT2D eigenvalue weighted by Crippen LogP contribution is 2.13. The monoisotopic (exact) mass is 222 g/mol. The van der Waals surface area contributed by atoms with Crippen LogP contribution in [0.5, 0.6) is 0 Å². The Morgan fingerprint density at radius 2 is 2.25 bits per heavy atom. The largest absolute Gasteiger partial charge is 0.465 e. The SMILES string of the molecule is COC(=O)/C(=C/N)c1nccc(N(C)C)n1. The summed E-state index contributed by atoms with van der Waals surface area (Å²) in [6.45, 7) is 0. The van der Waals surface area contributed by atoms with Gasteiger partial charge >= 0.3 is 5.97 Å². The minimum Gasteiger partial charge on any atom is -0.465 e. The molecule has 0 aliphatic rings. The number of carbonyl (C=O) groups is 1. The van der Waals surface area contributed by atoms with Gasteiger partial charge < -0.3 is 15.4 Å². The van der Waals surface area contributed by atoms with Crippen molar-refractivity contribution in [3.05, 3.63) is 24.3 Å². The molecular weight excluding hydrogens is 208 g/mol. The van der Waals surface area contributed by atoms with Crippen molar-refractivity contribution in [3.8, 4) is 0 Å². The first-order valence-corrected chi connectivity index (χ1v) is 4.61. The highest BCUT2D eigenvalue weighted by atomic mass is 16.5. The molecule has 1 aromatic rings. The third-order valence-electron chi connectivity index (χ3n) is 1.91. The molecule has 0 saturated carbocycles. The van der Waals surface area contributed by atoms with Crippen molar-refractivity contribution in [1.29, 1.82) is 0 Å². The zero-order chi connectivity index (χ0) is 12.1. The van der Waals surface area contributed by atoms with Crippen molar-refractivity contribution >= 4 is 17.4 Å². The van der Waals surface area contributed by atoms with Gasteiger partial charge in [-0.3, -0.25) is 0 Å². The molecule has 0 bridgehead atoms. The van der Waals surface area contributed by atoms with Crippen molar-refractivity contribution in [2.75, 3.05) is 26.1 Å². The van der Waals surface area contributed by atoms with E-state index < -0.39 is 5.97 Å². The minimum atomic E-state index is -0.557. The first-order chi connectivity index (χ1) is 7.60. The molecule has 0 aliphatic heterocycles. The number of carbonyl (C=O) groups excluding carboxylic acids is 1. The number of nitrogens with zero attached hydrogens (tertiary/aromatic N) is 3. The van der Waals surface area contributed by atoms with Gasteiger partial charge in [0.1, 0.15) is 11.4 Å². The zero-order valence-corrected chi connectivity index (χ0v) is 9.47. The van der Waals surface area contributed by atoms with Crippen LogP contribution in [0, 0.1) is 0 Å². The lowest BCUT2D eigenvalue weighted by molar-refractivity contribution is -0.133. The number of ether oxygens (including phenoxy) is 1. The van der Waals surface area contributed by atoms with Gasteiger partial charge in [-0.25, -0.2) is 14.8 Å². The van der Waals surface area contributed by atoms with Crippen molar-refractivity contribution in [2.45, 2.75) is 0 Å². The fraction of sp³-hybridized carbons (Fsp3) is 0.300. The second kappa shape index (κ2) is 5.11. The maximum atomic E-state index is 11.4. The number of hydrogen-bond acceptors (Lipinski definition) is 6. The second-order valence-corrected chi connectivity index (χ2v) is 3.20. The predicted octanol–water partition coefficient (Wildman–Crippen LogP) is 0.0152. The molecule has 0 aromatic carbocycles. The molecule has 86 valence electrons. The molecule has 16 heavy (non-hydrogen) atoms. The average Bonchev–Trinajstić information content (AvgIpc) is 2.30. The lowest BCUT2D eigenvalue weighted by Gasteiger charge is -2.11. The molecule has 1 aromatic heterocycles. The number of anilines is 1. The van der Waals surface area contributed by atoms with Gasteiger partial charge in [-0.15, -0.1) is 0 Å². The minimum absolute atomic E-state index is 0.145. The van der Waals surface area contributed by atoms with Crippen LogP contribution in [0.2, 0.25) is 0 Å². The Balaban J connectivity index is 3.12. The van der Waals surface area contributed by atoms with Gasteiger partial charge in [0, 0.05) is 26.5 Å². The van der Waals surface area contributed by atoms with E-state index in [2.05, 4.69) is 14.7 Å². The van der Waals surface area contributed by atoms with E-state index in [0.29, 0.717) is 5.82 Å². The van der Waals surface area contributed by atoms with E-state index in [1.54, 1.807) is 17.2 Å². The van der Waals surface area contributed by atoms with Crippen LogP contribution in [-0.4, -0.2) is 37.1 Å². The number of hydrogen-bond donors (Lipinski definition) is 1. The van der Waals surface area contributed by atoms with Gasteiger partial charge in [-0.1, -0.05) is 0 Å². The molecule has 0 amide bonds. The van der Waals surface area contributed by atoms with Gasteiger partial charge in [-0.05, 0) is 6.07 Å². The normalized spacial score (nSPS) is 11.1. The Morgan fingerprint density at radius 3 is 2.75 bits per heavy atom. The molecule has 0 spiro atoms. The molecule has 0 unspecified atom stereocenters. The lowest BCUT2D eigenvalue weighted by Crippen LogP contribution is -2.14. The first-order valence-electron chi connectivity index (χ1n) is 4.61. The Hall–Kier alpha value is -2.11. The number of nitrogens with two attached hydrogens (primary N) is 1. The first kappa shape index (κ1) is 12.0. The summed E-state index contributed by atoms with van der Waals surface area (Å²) in [6, 6.07) is 1.73. The van der Waals surface area contributed by atoms with Crippen LogP contribution in [0.1, 0.15) is 5.82 Å². The van der Waals surface area contributed by atoms with E-state index in [4.69, 9.17) is 5.73 Å². The van der Waals surface area contributed by atoms with E-state index in [0.717, 1.165) is 6.20 Å². The Bertz CT molecular complexity index is 415. The number of aromatic nitrogens is 2. The highest BCUT2D eigenvalue weighted by molar-refractivity contribution is 6.15. The summed E-state index contributed by atoms with van der Waals surface area (Å²) >= 11 is 0. The summed E-state index contributed by atoms with van der Waals surface area (Å²) in [5.74, 6) is 0.382. The molecule has 6 heteroatoms. The van der Waals surface area contributed by atoms with Crippen LogP contribution in [0.15, 0.2) is 18.5 Å². The van der Waals surface area contributed by atoms with Gasteiger partial charge in [0.15, 0.2) is 5.82 Å². The van der Waals surface area contributed by atoms with Crippen LogP contribution in [0.4, 0.5) is 5.82 Å². The standard InChI is InChI=1S/C10H14N4O2/c1-14(2)8-4-5-12-9(13-8)7(6-11)10(15)16-3/h4-6H,11H2,1-3H3/b7-6+. The van der Waals surface area contributed by atoms with Crippen molar-refractivity contribution in [1.82, 2.24) is 9.97 Å². The van der Waals surface area contributed by atoms with Crippen LogP contribution in [-0.2, 0) is 9.53 Å². The fourth-order valence-corrected chi connectivity index (χ4v) is 1.07. The van der Waals surface area contributed by atoms with Gasteiger partial charge in [0.2, 0.25) is 0 Å². The Morgan fingerprint density at radius 1 is 1.56 bits per heavy atom. The van der Waals surface area contributed by atoms with Crippen LogP contribution in [0.3, 0.4) is 0 Å². The summed E-state index contributed by atoms with van der Waals surface area (Å²) < 4.78 is 4.58. The molecule has 1 rings (SSSR count). The molecule has 1 heterocycles. The van der Waals surface area contributed by atoms with E-state index >= 15 is 0 Å². The summed E-state index contributed by atoms with van der Waals surface area (Å²) in [5, 5.41) is 0. The molecule has 2 N–H and O–H groups in total. The van der Waals surface area contributed by atoms with Crippen molar-refractivity contribution < 1.29 is 9.53 Å². The number of methoxy groups -OCH3 is 1. The molecule has 0 fully saturated rings. The quantitative estimate of drug-likeness (QED) is 0.573. The van der Waals surface area contributed by atoms with Gasteiger partial charge in [0.05, 0.1) is 7.11 Å². The highest BCUT2D eigenvalue weighted by Gasteiger charge is 2.15.